The Morgan fingerprint density at radius 1 is 1.00 bits per heavy atom. The van der Waals surface area contributed by atoms with Gasteiger partial charge in [0, 0.05) is 42.5 Å². The number of nitrogens with one attached hydrogen (secondary N) is 1. The Bertz CT molecular complexity index is 1440. The standard InChI is InChI=1S/C30H34Cl2FN3O4S/c1-3-17-34-30(38)28(19-22-10-5-4-6-11-22)35(21-23-15-16-24(31)20-25(23)32)29(37)14-9-18-36(41(2,39)40)27-13-8-7-12-26(27)33/h4-8,10-13,15-16,20,28H,3,9,14,17-19,21H2,1-2H3,(H,34,38)/t28-/m1/s1. The van der Waals surface area contributed by atoms with E-state index < -0.39 is 21.9 Å². The van der Waals surface area contributed by atoms with Crippen molar-refractivity contribution in [1.82, 2.24) is 10.2 Å². The van der Waals surface area contributed by atoms with Crippen molar-refractivity contribution < 1.29 is 22.4 Å². The molecule has 0 aliphatic rings. The van der Waals surface area contributed by atoms with Crippen LogP contribution in [0.1, 0.15) is 37.3 Å². The maximum Gasteiger partial charge on any atom is 0.243 e. The van der Waals surface area contributed by atoms with Gasteiger partial charge in [-0.2, -0.15) is 0 Å². The van der Waals surface area contributed by atoms with Crippen LogP contribution in [0.2, 0.25) is 10.0 Å². The van der Waals surface area contributed by atoms with Gasteiger partial charge in [0.25, 0.3) is 0 Å². The molecule has 0 saturated carbocycles. The van der Waals surface area contributed by atoms with Crippen LogP contribution in [0.3, 0.4) is 0 Å². The van der Waals surface area contributed by atoms with E-state index in [2.05, 4.69) is 5.32 Å². The van der Waals surface area contributed by atoms with Crippen LogP contribution in [0.25, 0.3) is 0 Å². The van der Waals surface area contributed by atoms with Crippen LogP contribution in [-0.4, -0.2) is 50.5 Å². The van der Waals surface area contributed by atoms with Crippen molar-refractivity contribution in [2.24, 2.45) is 0 Å². The molecule has 0 bridgehead atoms. The van der Waals surface area contributed by atoms with Crippen molar-refractivity contribution in [3.63, 3.8) is 0 Å². The van der Waals surface area contributed by atoms with Crippen LogP contribution in [0, 0.1) is 5.82 Å². The Hall–Kier alpha value is -3.14. The molecule has 0 radical (unpaired) electrons. The van der Waals surface area contributed by atoms with Gasteiger partial charge >= 0.3 is 0 Å². The highest BCUT2D eigenvalue weighted by Crippen LogP contribution is 2.26. The highest BCUT2D eigenvalue weighted by atomic mass is 35.5. The van der Waals surface area contributed by atoms with Crippen LogP contribution in [-0.2, 0) is 32.6 Å². The highest BCUT2D eigenvalue weighted by Gasteiger charge is 2.31. The topological polar surface area (TPSA) is 86.8 Å². The molecule has 3 aromatic carbocycles. The number of amides is 2. The molecule has 0 saturated heterocycles. The normalized spacial score (nSPS) is 12.0. The number of benzene rings is 3. The number of hydrogen-bond donors (Lipinski definition) is 1. The number of carbonyl (C=O) groups excluding carboxylic acids is 2. The molecule has 3 aromatic rings. The molecule has 3 rings (SSSR count). The van der Waals surface area contributed by atoms with Crippen molar-refractivity contribution in [3.8, 4) is 0 Å². The van der Waals surface area contributed by atoms with Crippen LogP contribution in [0.15, 0.2) is 72.8 Å². The first-order chi connectivity index (χ1) is 19.5. The maximum atomic E-state index is 14.4. The summed E-state index contributed by atoms with van der Waals surface area (Å²) < 4.78 is 40.4. The molecule has 0 aliphatic carbocycles. The summed E-state index contributed by atoms with van der Waals surface area (Å²) in [6.45, 7) is 2.30. The molecule has 1 atom stereocenters. The molecule has 7 nitrogen and oxygen atoms in total. The molecular weight excluding hydrogens is 588 g/mol. The molecule has 0 aromatic heterocycles. The summed E-state index contributed by atoms with van der Waals surface area (Å²) in [5.41, 5.74) is 1.38. The van der Waals surface area contributed by atoms with E-state index in [1.807, 2.05) is 37.3 Å². The van der Waals surface area contributed by atoms with Gasteiger partial charge in [0.05, 0.1) is 11.9 Å². The number of hydrogen-bond acceptors (Lipinski definition) is 4. The van der Waals surface area contributed by atoms with E-state index in [0.29, 0.717) is 22.2 Å². The van der Waals surface area contributed by atoms with Crippen molar-refractivity contribution >= 4 is 50.7 Å². The predicted molar refractivity (Wildman–Crippen MR) is 162 cm³/mol. The average Bonchev–Trinajstić information content (AvgIpc) is 2.93. The summed E-state index contributed by atoms with van der Waals surface area (Å²) in [6.07, 6.45) is 1.98. The maximum absolute atomic E-state index is 14.4. The highest BCUT2D eigenvalue weighted by molar-refractivity contribution is 7.92. The summed E-state index contributed by atoms with van der Waals surface area (Å²) in [5, 5.41) is 3.69. The number of sulfonamides is 1. The van der Waals surface area contributed by atoms with Crippen molar-refractivity contribution in [2.45, 2.75) is 45.2 Å². The van der Waals surface area contributed by atoms with Gasteiger partial charge in [0.15, 0.2) is 0 Å². The summed E-state index contributed by atoms with van der Waals surface area (Å²) in [5.74, 6) is -1.36. The molecule has 0 heterocycles. The van der Waals surface area contributed by atoms with Gasteiger partial charge in [-0.3, -0.25) is 13.9 Å². The summed E-state index contributed by atoms with van der Waals surface area (Å²) in [4.78, 5) is 28.7. The molecule has 220 valence electrons. The van der Waals surface area contributed by atoms with E-state index in [9.17, 15) is 22.4 Å². The molecule has 0 fully saturated rings. The molecule has 0 spiro atoms. The fraction of sp³-hybridized carbons (Fsp3) is 0.333. The van der Waals surface area contributed by atoms with Crippen LogP contribution < -0.4 is 9.62 Å². The zero-order valence-corrected chi connectivity index (χ0v) is 25.4. The summed E-state index contributed by atoms with van der Waals surface area (Å²) >= 11 is 12.5. The van der Waals surface area contributed by atoms with Gasteiger partial charge in [0.2, 0.25) is 21.8 Å². The third-order valence-electron chi connectivity index (χ3n) is 6.45. The Morgan fingerprint density at radius 2 is 1.68 bits per heavy atom. The largest absolute Gasteiger partial charge is 0.354 e. The molecule has 0 aliphatic heterocycles. The third kappa shape index (κ3) is 9.45. The van der Waals surface area contributed by atoms with E-state index in [0.717, 1.165) is 22.5 Å². The van der Waals surface area contributed by atoms with E-state index in [1.54, 1.807) is 24.3 Å². The van der Waals surface area contributed by atoms with Crippen molar-refractivity contribution in [3.05, 3.63) is 99.8 Å². The first kappa shape index (κ1) is 32.4. The van der Waals surface area contributed by atoms with E-state index >= 15 is 0 Å². The zero-order valence-electron chi connectivity index (χ0n) is 23.0. The Morgan fingerprint density at radius 3 is 2.32 bits per heavy atom. The van der Waals surface area contributed by atoms with Gasteiger partial charge < -0.3 is 10.2 Å². The Kier molecular flexibility index (Phi) is 12.0. The summed E-state index contributed by atoms with van der Waals surface area (Å²) in [6, 6.07) is 19.0. The van der Waals surface area contributed by atoms with Gasteiger partial charge in [-0.15, -0.1) is 0 Å². The molecule has 41 heavy (non-hydrogen) atoms. The number of carbonyl (C=O) groups is 2. The molecule has 1 N–H and O–H groups in total. The quantitative estimate of drug-likeness (QED) is 0.245. The average molecular weight is 623 g/mol. The minimum Gasteiger partial charge on any atom is -0.354 e. The fourth-order valence-electron chi connectivity index (χ4n) is 4.39. The lowest BCUT2D eigenvalue weighted by atomic mass is 10.0. The number of para-hydroxylation sites is 1. The number of nitrogens with zero attached hydrogens (tertiary/aromatic N) is 2. The molecule has 11 heteroatoms. The van der Waals surface area contributed by atoms with Crippen LogP contribution in [0.4, 0.5) is 10.1 Å². The zero-order chi connectivity index (χ0) is 30.0. The first-order valence-electron chi connectivity index (χ1n) is 13.3. The Balaban J connectivity index is 1.91. The predicted octanol–water partition coefficient (Wildman–Crippen LogP) is 5.85. The lowest BCUT2D eigenvalue weighted by Gasteiger charge is -2.32. The van der Waals surface area contributed by atoms with E-state index in [4.69, 9.17) is 23.2 Å². The third-order valence-corrected chi connectivity index (χ3v) is 8.22. The van der Waals surface area contributed by atoms with Crippen LogP contribution in [0.5, 0.6) is 0 Å². The minimum atomic E-state index is -3.82. The smallest absolute Gasteiger partial charge is 0.243 e. The molecular formula is C30H34Cl2FN3O4S. The number of anilines is 1. The minimum absolute atomic E-state index is 0.0367. The van der Waals surface area contributed by atoms with E-state index in [1.165, 1.54) is 23.1 Å². The SMILES string of the molecule is CCCNC(=O)[C@@H](Cc1ccccc1)N(Cc1ccc(Cl)cc1Cl)C(=O)CCCN(c1ccccc1F)S(C)(=O)=O. The second kappa shape index (κ2) is 15.2. The number of rotatable bonds is 14. The lowest BCUT2D eigenvalue weighted by Crippen LogP contribution is -2.50. The number of halogens is 3. The van der Waals surface area contributed by atoms with Crippen LogP contribution >= 0.6 is 23.2 Å². The monoisotopic (exact) mass is 621 g/mol. The Labute approximate surface area is 251 Å². The molecule has 0 unspecified atom stereocenters. The fourth-order valence-corrected chi connectivity index (χ4v) is 5.82. The van der Waals surface area contributed by atoms with Crippen molar-refractivity contribution in [2.75, 3.05) is 23.7 Å². The second-order valence-electron chi connectivity index (χ2n) is 9.64. The summed E-state index contributed by atoms with van der Waals surface area (Å²) in [7, 11) is -3.82. The van der Waals surface area contributed by atoms with Crippen molar-refractivity contribution in [1.29, 1.82) is 0 Å². The van der Waals surface area contributed by atoms with Gasteiger partial charge in [-0.1, -0.05) is 78.7 Å². The van der Waals surface area contributed by atoms with Gasteiger partial charge in [-0.25, -0.2) is 12.8 Å². The molecule has 2 amide bonds. The van der Waals surface area contributed by atoms with E-state index in [-0.39, 0.29) is 49.9 Å². The first-order valence-corrected chi connectivity index (χ1v) is 15.9. The van der Waals surface area contributed by atoms with Gasteiger partial charge in [-0.05, 0) is 48.2 Å². The lowest BCUT2D eigenvalue weighted by molar-refractivity contribution is -0.141. The second-order valence-corrected chi connectivity index (χ2v) is 12.4. The van der Waals surface area contributed by atoms with Gasteiger partial charge in [0.1, 0.15) is 11.9 Å².